The number of ketones is 1. The highest BCUT2D eigenvalue weighted by Gasteiger charge is 2.80. The molecule has 30 heavy (non-hydrogen) atoms. The van der Waals surface area contributed by atoms with Gasteiger partial charge in [0.05, 0.1) is 5.57 Å². The molecule has 2 fully saturated rings. The predicted octanol–water partition coefficient (Wildman–Crippen LogP) is 0.772. The zero-order chi connectivity index (χ0) is 22.1. The van der Waals surface area contributed by atoms with Crippen molar-refractivity contribution in [3.63, 3.8) is 0 Å². The normalized spacial score (nSPS) is 31.6. The highest BCUT2D eigenvalue weighted by atomic mass is 16.6. The molecule has 2 saturated heterocycles. The van der Waals surface area contributed by atoms with Crippen LogP contribution in [0.3, 0.4) is 0 Å². The topological polar surface area (TPSA) is 125 Å². The molecular weight excluding hydrogens is 390 g/mol. The third-order valence-corrected chi connectivity index (χ3v) is 5.20. The molecular formula is C22H25NO7. The number of morpholine rings is 1. The van der Waals surface area contributed by atoms with Crippen LogP contribution in [-0.4, -0.2) is 58.5 Å². The van der Waals surface area contributed by atoms with Crippen molar-refractivity contribution < 1.29 is 34.1 Å². The van der Waals surface area contributed by atoms with E-state index in [1.807, 2.05) is 19.9 Å². The van der Waals surface area contributed by atoms with Gasteiger partial charge in [-0.2, -0.15) is 0 Å². The lowest BCUT2D eigenvalue weighted by molar-refractivity contribution is -0.138. The van der Waals surface area contributed by atoms with E-state index in [2.05, 4.69) is 5.32 Å². The van der Waals surface area contributed by atoms with Crippen molar-refractivity contribution in [3.05, 3.63) is 58.7 Å². The second kappa shape index (κ2) is 8.14. The van der Waals surface area contributed by atoms with Gasteiger partial charge in [-0.15, -0.1) is 0 Å². The number of cyclic esters (lactones) is 1. The number of fused-ring (bicyclic) bond motifs is 1. The number of ether oxygens (including phenoxy) is 2. The molecule has 8 nitrogen and oxygen atoms in total. The Morgan fingerprint density at radius 3 is 2.63 bits per heavy atom. The van der Waals surface area contributed by atoms with Crippen LogP contribution in [0.15, 0.2) is 58.7 Å². The molecule has 0 spiro atoms. The maximum Gasteiger partial charge on any atom is 0.338 e. The first kappa shape index (κ1) is 21.9. The predicted molar refractivity (Wildman–Crippen MR) is 107 cm³/mol. The monoisotopic (exact) mass is 415 g/mol. The van der Waals surface area contributed by atoms with Crippen LogP contribution in [0, 0.1) is 0 Å². The molecule has 3 heterocycles. The summed E-state index contributed by atoms with van der Waals surface area (Å²) in [5.74, 6) is -1.55. The highest BCUT2D eigenvalue weighted by molar-refractivity contribution is 6.21. The Bertz CT molecular complexity index is 939. The zero-order valence-corrected chi connectivity index (χ0v) is 17.1. The maximum absolute atomic E-state index is 12.8. The van der Waals surface area contributed by atoms with Gasteiger partial charge in [0.15, 0.2) is 11.8 Å². The minimum atomic E-state index is -1.73. The standard InChI is InChI=1S/C22H25NO7/c1-13(11-14(2)12-16-7-10-29-18(16)26)5-4-6-15(3)17(25)22-19(30-22)21(28,8-9-24)23-20(22)27/h4-7,11-12,19,24,28H,8-10H2,1-3H3,(H,23,27)/b5-4+,13-11+,14-12+,15-6+/t19-,21+,22?/m0/s1. The summed E-state index contributed by atoms with van der Waals surface area (Å²) in [6.45, 7) is 5.25. The van der Waals surface area contributed by atoms with E-state index in [9.17, 15) is 19.5 Å². The van der Waals surface area contributed by atoms with Gasteiger partial charge in [0.25, 0.3) is 5.91 Å². The van der Waals surface area contributed by atoms with Crippen molar-refractivity contribution in [2.45, 2.75) is 44.6 Å². The van der Waals surface area contributed by atoms with E-state index in [0.717, 1.165) is 11.1 Å². The first-order valence-electron chi connectivity index (χ1n) is 9.61. The molecule has 3 atom stereocenters. The fourth-order valence-electron chi connectivity index (χ4n) is 3.65. The molecule has 3 aliphatic rings. The smallest absolute Gasteiger partial charge is 0.338 e. The Morgan fingerprint density at radius 1 is 1.30 bits per heavy atom. The quantitative estimate of drug-likeness (QED) is 0.176. The lowest BCUT2D eigenvalue weighted by Crippen LogP contribution is -2.48. The molecule has 1 unspecified atom stereocenters. The average Bonchev–Trinajstić information content (AvgIpc) is 3.27. The van der Waals surface area contributed by atoms with Crippen LogP contribution in [0.1, 0.15) is 27.2 Å². The van der Waals surface area contributed by atoms with Crippen LogP contribution in [0.2, 0.25) is 0 Å². The summed E-state index contributed by atoms with van der Waals surface area (Å²) in [5.41, 5.74) is -0.860. The number of Topliss-reactive ketones (excluding diaryl/α,β-unsaturated/α-hetero) is 1. The van der Waals surface area contributed by atoms with Gasteiger partial charge in [0.1, 0.15) is 6.61 Å². The van der Waals surface area contributed by atoms with Gasteiger partial charge in [-0.3, -0.25) is 9.59 Å². The minimum absolute atomic E-state index is 0.118. The largest absolute Gasteiger partial charge is 0.458 e. The zero-order valence-electron chi connectivity index (χ0n) is 17.1. The number of allylic oxidation sites excluding steroid dienone is 6. The summed E-state index contributed by atoms with van der Waals surface area (Å²) in [6, 6.07) is 0. The Balaban J connectivity index is 1.66. The first-order valence-corrected chi connectivity index (χ1v) is 9.61. The molecule has 0 aromatic rings. The Hall–Kier alpha value is -2.81. The lowest BCUT2D eigenvalue weighted by atomic mass is 9.92. The SMILES string of the molecule is CC(=C\C1=CCOC1=O)/C=C(C)/C=C/C=C(\C)C(=O)C12O[C@H]1[C@](O)(CCO)NC2=O. The van der Waals surface area contributed by atoms with Crippen molar-refractivity contribution in [3.8, 4) is 0 Å². The number of carbonyl (C=O) groups is 3. The van der Waals surface area contributed by atoms with Gasteiger partial charge in [0.2, 0.25) is 11.4 Å². The number of amides is 1. The van der Waals surface area contributed by atoms with E-state index in [0.29, 0.717) is 17.8 Å². The number of carbonyl (C=O) groups excluding carboxylic acids is 3. The van der Waals surface area contributed by atoms with E-state index in [1.165, 1.54) is 0 Å². The van der Waals surface area contributed by atoms with Gasteiger partial charge >= 0.3 is 5.97 Å². The van der Waals surface area contributed by atoms with Crippen LogP contribution in [0.25, 0.3) is 0 Å². The first-order chi connectivity index (χ1) is 14.1. The molecule has 3 rings (SSSR count). The summed E-state index contributed by atoms with van der Waals surface area (Å²) in [5, 5.41) is 21.8. The molecule has 0 aromatic carbocycles. The van der Waals surface area contributed by atoms with E-state index in [-0.39, 0.29) is 19.0 Å². The van der Waals surface area contributed by atoms with Crippen LogP contribution < -0.4 is 5.32 Å². The van der Waals surface area contributed by atoms with Crippen molar-refractivity contribution in [2.24, 2.45) is 0 Å². The maximum atomic E-state index is 12.8. The average molecular weight is 415 g/mol. The van der Waals surface area contributed by atoms with E-state index < -0.39 is 29.1 Å². The summed E-state index contributed by atoms with van der Waals surface area (Å²) < 4.78 is 10.2. The molecule has 1 amide bonds. The van der Waals surface area contributed by atoms with Crippen LogP contribution in [-0.2, 0) is 23.9 Å². The summed E-state index contributed by atoms with van der Waals surface area (Å²) >= 11 is 0. The van der Waals surface area contributed by atoms with Gasteiger partial charge in [-0.1, -0.05) is 35.5 Å². The van der Waals surface area contributed by atoms with E-state index in [4.69, 9.17) is 14.6 Å². The minimum Gasteiger partial charge on any atom is -0.458 e. The number of esters is 1. The van der Waals surface area contributed by atoms with E-state index >= 15 is 0 Å². The molecule has 8 heteroatoms. The molecule has 3 aliphatic heterocycles. The van der Waals surface area contributed by atoms with Crippen molar-refractivity contribution in [2.75, 3.05) is 13.2 Å². The van der Waals surface area contributed by atoms with Crippen LogP contribution in [0.4, 0.5) is 0 Å². The molecule has 0 radical (unpaired) electrons. The molecule has 0 bridgehead atoms. The number of aliphatic hydroxyl groups is 2. The number of nitrogens with one attached hydrogen (secondary N) is 1. The number of rotatable bonds is 8. The Labute approximate surface area is 174 Å². The number of aliphatic hydroxyl groups excluding tert-OH is 1. The lowest BCUT2D eigenvalue weighted by Gasteiger charge is -2.22. The third kappa shape index (κ3) is 3.94. The summed E-state index contributed by atoms with van der Waals surface area (Å²) in [6.07, 6.45) is 9.25. The second-order valence-electron chi connectivity index (χ2n) is 7.66. The fourth-order valence-corrected chi connectivity index (χ4v) is 3.65. The van der Waals surface area contributed by atoms with Crippen LogP contribution in [0.5, 0.6) is 0 Å². The molecule has 0 aliphatic carbocycles. The summed E-state index contributed by atoms with van der Waals surface area (Å²) in [4.78, 5) is 36.5. The molecule has 0 saturated carbocycles. The third-order valence-electron chi connectivity index (χ3n) is 5.20. The van der Waals surface area contributed by atoms with Gasteiger partial charge in [0, 0.05) is 13.0 Å². The Kier molecular flexibility index (Phi) is 5.94. The Morgan fingerprint density at radius 2 is 2.03 bits per heavy atom. The molecule has 0 aromatic heterocycles. The number of hydrogen-bond donors (Lipinski definition) is 3. The second-order valence-corrected chi connectivity index (χ2v) is 7.66. The van der Waals surface area contributed by atoms with Crippen molar-refractivity contribution >= 4 is 17.7 Å². The van der Waals surface area contributed by atoms with Crippen LogP contribution >= 0.6 is 0 Å². The summed E-state index contributed by atoms with van der Waals surface area (Å²) in [7, 11) is 0. The van der Waals surface area contributed by atoms with Crippen molar-refractivity contribution in [1.29, 1.82) is 0 Å². The van der Waals surface area contributed by atoms with E-state index in [1.54, 1.807) is 37.3 Å². The molecule has 160 valence electrons. The molecule has 3 N–H and O–H groups in total. The highest BCUT2D eigenvalue weighted by Crippen LogP contribution is 2.50. The van der Waals surface area contributed by atoms with Crippen molar-refractivity contribution in [1.82, 2.24) is 5.32 Å². The fraction of sp³-hybridized carbons (Fsp3) is 0.409. The number of hydrogen-bond acceptors (Lipinski definition) is 7. The number of epoxide rings is 1. The van der Waals surface area contributed by atoms with Gasteiger partial charge < -0.3 is 25.0 Å². The van der Waals surface area contributed by atoms with Gasteiger partial charge in [-0.25, -0.2) is 4.79 Å². The van der Waals surface area contributed by atoms with Gasteiger partial charge in [-0.05, 0) is 38.5 Å².